The smallest absolute Gasteiger partial charge is 0.272 e. The lowest BCUT2D eigenvalue weighted by Gasteiger charge is -2.10. The lowest BCUT2D eigenvalue weighted by atomic mass is 10.2. The predicted octanol–water partition coefficient (Wildman–Crippen LogP) is 1.63. The van der Waals surface area contributed by atoms with Gasteiger partial charge in [-0.15, -0.1) is 0 Å². The number of amides is 1. The molecule has 1 saturated carbocycles. The van der Waals surface area contributed by atoms with Gasteiger partial charge < -0.3 is 11.1 Å². The van der Waals surface area contributed by atoms with Gasteiger partial charge in [0.15, 0.2) is 5.69 Å². The molecular formula is C13H15IN4O. The third-order valence-corrected chi connectivity index (χ3v) is 4.14. The van der Waals surface area contributed by atoms with Gasteiger partial charge >= 0.3 is 0 Å². The molecule has 5 nitrogen and oxygen atoms in total. The summed E-state index contributed by atoms with van der Waals surface area (Å²) >= 11 is 2.22. The molecule has 1 aromatic heterocycles. The van der Waals surface area contributed by atoms with Gasteiger partial charge in [-0.05, 0) is 59.5 Å². The second kappa shape index (κ2) is 5.09. The van der Waals surface area contributed by atoms with E-state index in [0.717, 1.165) is 14.5 Å². The second-order valence-electron chi connectivity index (χ2n) is 4.97. The minimum Gasteiger partial charge on any atom is -0.349 e. The Morgan fingerprint density at radius 2 is 2.37 bits per heavy atom. The molecule has 3 rings (SSSR count). The average molecular weight is 370 g/mol. The van der Waals surface area contributed by atoms with Gasteiger partial charge in [-0.2, -0.15) is 5.10 Å². The Kier molecular flexibility index (Phi) is 3.44. The molecular weight excluding hydrogens is 355 g/mol. The van der Waals surface area contributed by atoms with Crippen LogP contribution in [0.1, 0.15) is 23.3 Å². The van der Waals surface area contributed by atoms with Crippen molar-refractivity contribution in [3.05, 3.63) is 27.5 Å². The number of benzene rings is 1. The normalized spacial score (nSPS) is 16.5. The van der Waals surface area contributed by atoms with Crippen LogP contribution in [0.2, 0.25) is 0 Å². The number of aromatic amines is 1. The zero-order valence-corrected chi connectivity index (χ0v) is 12.5. The number of carbonyl (C=O) groups excluding carboxylic acids is 1. The molecule has 1 amide bonds. The Labute approximate surface area is 124 Å². The van der Waals surface area contributed by atoms with E-state index in [1.807, 2.05) is 18.2 Å². The molecule has 1 atom stereocenters. The quantitative estimate of drug-likeness (QED) is 0.716. The SMILES string of the molecule is NC(CNC(=O)c1n[nH]c2ccc(I)cc12)C1CC1. The third kappa shape index (κ3) is 2.74. The molecule has 1 heterocycles. The highest BCUT2D eigenvalue weighted by atomic mass is 127. The molecule has 1 aliphatic carbocycles. The van der Waals surface area contributed by atoms with Crippen LogP contribution in [-0.4, -0.2) is 28.7 Å². The summed E-state index contributed by atoms with van der Waals surface area (Å²) in [6, 6.07) is 5.92. The van der Waals surface area contributed by atoms with Gasteiger partial charge in [0.2, 0.25) is 0 Å². The van der Waals surface area contributed by atoms with Crippen molar-refractivity contribution in [2.24, 2.45) is 11.7 Å². The maximum absolute atomic E-state index is 12.1. The number of nitrogens with zero attached hydrogens (tertiary/aromatic N) is 1. The van der Waals surface area contributed by atoms with E-state index in [1.165, 1.54) is 12.8 Å². The Bertz CT molecular complexity index is 620. The average Bonchev–Trinajstić information content (AvgIpc) is 3.16. The lowest BCUT2D eigenvalue weighted by molar-refractivity contribution is 0.0947. The fourth-order valence-electron chi connectivity index (χ4n) is 2.14. The van der Waals surface area contributed by atoms with Gasteiger partial charge in [0.25, 0.3) is 5.91 Å². The van der Waals surface area contributed by atoms with Gasteiger partial charge in [0.05, 0.1) is 5.52 Å². The van der Waals surface area contributed by atoms with Crippen molar-refractivity contribution < 1.29 is 4.79 Å². The van der Waals surface area contributed by atoms with Crippen LogP contribution in [0.5, 0.6) is 0 Å². The highest BCUT2D eigenvalue weighted by Gasteiger charge is 2.28. The molecule has 19 heavy (non-hydrogen) atoms. The van der Waals surface area contributed by atoms with E-state index in [2.05, 4.69) is 38.1 Å². The van der Waals surface area contributed by atoms with Crippen LogP contribution < -0.4 is 11.1 Å². The van der Waals surface area contributed by atoms with Crippen LogP contribution >= 0.6 is 22.6 Å². The highest BCUT2D eigenvalue weighted by Crippen LogP contribution is 2.31. The number of hydrogen-bond donors (Lipinski definition) is 3. The molecule has 4 N–H and O–H groups in total. The van der Waals surface area contributed by atoms with Crippen LogP contribution in [0.3, 0.4) is 0 Å². The molecule has 1 aromatic carbocycles. The first-order valence-corrected chi connectivity index (χ1v) is 7.40. The number of aromatic nitrogens is 2. The number of carbonyl (C=O) groups is 1. The maximum atomic E-state index is 12.1. The summed E-state index contributed by atoms with van der Waals surface area (Å²) in [6.07, 6.45) is 2.36. The van der Waals surface area contributed by atoms with Crippen molar-refractivity contribution in [2.75, 3.05) is 6.54 Å². The molecule has 0 aliphatic heterocycles. The topological polar surface area (TPSA) is 83.8 Å². The molecule has 0 bridgehead atoms. The largest absolute Gasteiger partial charge is 0.349 e. The Balaban J connectivity index is 1.75. The third-order valence-electron chi connectivity index (χ3n) is 3.47. The van der Waals surface area contributed by atoms with Gasteiger partial charge in [-0.25, -0.2) is 0 Å². The molecule has 1 aliphatic rings. The zero-order valence-electron chi connectivity index (χ0n) is 10.3. The number of rotatable bonds is 4. The second-order valence-corrected chi connectivity index (χ2v) is 6.22. The number of halogens is 1. The summed E-state index contributed by atoms with van der Waals surface area (Å²) in [5.41, 5.74) is 7.29. The highest BCUT2D eigenvalue weighted by molar-refractivity contribution is 14.1. The van der Waals surface area contributed by atoms with Crippen molar-refractivity contribution in [1.29, 1.82) is 0 Å². The van der Waals surface area contributed by atoms with Crippen molar-refractivity contribution >= 4 is 39.4 Å². The monoisotopic (exact) mass is 370 g/mol. The van der Waals surface area contributed by atoms with Gasteiger partial charge in [-0.3, -0.25) is 9.89 Å². The Hall–Kier alpha value is -1.15. The van der Waals surface area contributed by atoms with Crippen LogP contribution in [0.4, 0.5) is 0 Å². The number of nitrogens with two attached hydrogens (primary N) is 1. The summed E-state index contributed by atoms with van der Waals surface area (Å²) in [4.78, 5) is 12.1. The molecule has 0 radical (unpaired) electrons. The molecule has 0 saturated heterocycles. The molecule has 0 spiro atoms. The van der Waals surface area contributed by atoms with Crippen molar-refractivity contribution in [2.45, 2.75) is 18.9 Å². The van der Waals surface area contributed by atoms with Crippen LogP contribution in [0.15, 0.2) is 18.2 Å². The van der Waals surface area contributed by atoms with E-state index in [9.17, 15) is 4.79 Å². The number of hydrogen-bond acceptors (Lipinski definition) is 3. The predicted molar refractivity (Wildman–Crippen MR) is 81.8 cm³/mol. The van der Waals surface area contributed by atoms with Crippen LogP contribution in [0.25, 0.3) is 10.9 Å². The van der Waals surface area contributed by atoms with E-state index in [0.29, 0.717) is 18.2 Å². The number of fused-ring (bicyclic) bond motifs is 1. The summed E-state index contributed by atoms with van der Waals surface area (Å²) < 4.78 is 1.08. The number of H-pyrrole nitrogens is 1. The Morgan fingerprint density at radius 1 is 1.58 bits per heavy atom. The summed E-state index contributed by atoms with van der Waals surface area (Å²) in [6.45, 7) is 0.516. The van der Waals surface area contributed by atoms with E-state index < -0.39 is 0 Å². The minimum atomic E-state index is -0.163. The fourth-order valence-corrected chi connectivity index (χ4v) is 2.64. The first-order valence-electron chi connectivity index (χ1n) is 6.32. The van der Waals surface area contributed by atoms with Gasteiger partial charge in [0, 0.05) is 21.5 Å². The summed E-state index contributed by atoms with van der Waals surface area (Å²) in [5.74, 6) is 0.418. The fraction of sp³-hybridized carbons (Fsp3) is 0.385. The maximum Gasteiger partial charge on any atom is 0.272 e. The first-order chi connectivity index (χ1) is 9.15. The van der Waals surface area contributed by atoms with E-state index in [4.69, 9.17) is 5.73 Å². The van der Waals surface area contributed by atoms with Crippen LogP contribution in [0, 0.1) is 9.49 Å². The number of nitrogens with one attached hydrogen (secondary N) is 2. The van der Waals surface area contributed by atoms with Gasteiger partial charge in [-0.1, -0.05) is 0 Å². The van der Waals surface area contributed by atoms with E-state index in [-0.39, 0.29) is 11.9 Å². The van der Waals surface area contributed by atoms with Crippen molar-refractivity contribution in [3.8, 4) is 0 Å². The summed E-state index contributed by atoms with van der Waals surface area (Å²) in [5, 5.41) is 10.7. The minimum absolute atomic E-state index is 0.0642. The standard InChI is InChI=1S/C13H15IN4O/c14-8-3-4-11-9(5-8)12(18-17-11)13(19)16-6-10(15)7-1-2-7/h3-5,7,10H,1-2,6,15H2,(H,16,19)(H,17,18). The molecule has 100 valence electrons. The molecule has 1 fully saturated rings. The van der Waals surface area contributed by atoms with Crippen molar-refractivity contribution in [3.63, 3.8) is 0 Å². The van der Waals surface area contributed by atoms with Gasteiger partial charge in [0.1, 0.15) is 0 Å². The van der Waals surface area contributed by atoms with E-state index in [1.54, 1.807) is 0 Å². The molecule has 1 unspecified atom stereocenters. The van der Waals surface area contributed by atoms with Crippen LogP contribution in [-0.2, 0) is 0 Å². The summed E-state index contributed by atoms with van der Waals surface area (Å²) in [7, 11) is 0. The van der Waals surface area contributed by atoms with E-state index >= 15 is 0 Å². The van der Waals surface area contributed by atoms with Crippen molar-refractivity contribution in [1.82, 2.24) is 15.5 Å². The molecule has 6 heteroatoms. The first kappa shape index (κ1) is 12.9. The Morgan fingerprint density at radius 3 is 3.11 bits per heavy atom. The molecule has 2 aromatic rings. The lowest BCUT2D eigenvalue weighted by Crippen LogP contribution is -2.38. The zero-order chi connectivity index (χ0) is 13.4.